The third-order valence-corrected chi connectivity index (χ3v) is 14.2. The second kappa shape index (κ2) is 34.6. The van der Waals surface area contributed by atoms with Crippen LogP contribution in [0.3, 0.4) is 0 Å². The molecule has 448 valence electrons. The maximum Gasteiger partial charge on any atom is 0.333 e. The Morgan fingerprint density at radius 3 is 1.73 bits per heavy atom. The molecule has 2 amide bonds. The molecule has 0 aliphatic carbocycles. The number of carbonyl (C=O) groups excluding carboxylic acids is 3. The van der Waals surface area contributed by atoms with Crippen molar-refractivity contribution in [2.75, 3.05) is 163 Å². The summed E-state index contributed by atoms with van der Waals surface area (Å²) >= 11 is 0. The van der Waals surface area contributed by atoms with E-state index in [1.807, 2.05) is 32.1 Å². The summed E-state index contributed by atoms with van der Waals surface area (Å²) in [6.07, 6.45) is 9.49. The van der Waals surface area contributed by atoms with E-state index in [4.69, 9.17) is 56.9 Å². The number of ether oxygens (including phenoxy) is 11. The second-order valence-corrected chi connectivity index (χ2v) is 22.1. The first-order valence-corrected chi connectivity index (χ1v) is 29.1. The molecule has 1 saturated heterocycles. The fourth-order valence-electron chi connectivity index (χ4n) is 9.07. The number of hydrogen-bond acceptors (Lipinski definition) is 19. The average molecular weight is 1150 g/mol. The maximum absolute atomic E-state index is 12.5. The van der Waals surface area contributed by atoms with Crippen molar-refractivity contribution in [1.82, 2.24) is 5.06 Å². The summed E-state index contributed by atoms with van der Waals surface area (Å²) in [4.78, 5) is 45.6. The fourth-order valence-corrected chi connectivity index (χ4v) is 9.58. The topological polar surface area (TPSA) is 226 Å². The molecule has 0 bridgehead atoms. The van der Waals surface area contributed by atoms with Crippen LogP contribution in [0.15, 0.2) is 71.3 Å². The molecule has 2 aromatic rings. The molecule has 22 heteroatoms. The molecule has 0 saturated carbocycles. The van der Waals surface area contributed by atoms with Gasteiger partial charge in [0.25, 0.3) is 21.9 Å². The van der Waals surface area contributed by atoms with Crippen LogP contribution < -0.4 is 14.5 Å². The van der Waals surface area contributed by atoms with Gasteiger partial charge in [0.05, 0.1) is 124 Å². The number of methoxy groups -OCH3 is 2. The number of fused-ring (bicyclic) bond motifs is 2. The number of unbranched alkanes of at least 4 members (excludes halogenated alkanes) is 2. The van der Waals surface area contributed by atoms with Crippen LogP contribution >= 0.6 is 0 Å². The van der Waals surface area contributed by atoms with Gasteiger partial charge in [-0.05, 0) is 78.0 Å². The predicted octanol–water partition coefficient (Wildman–Crippen LogP) is 6.76. The van der Waals surface area contributed by atoms with Crippen molar-refractivity contribution in [3.63, 3.8) is 0 Å². The van der Waals surface area contributed by atoms with Crippen LogP contribution in [0.25, 0.3) is 5.57 Å². The Hall–Kier alpha value is -4.82. The minimum atomic E-state index is -4.48. The molecule has 1 unspecified atom stereocenters. The number of nitrogens with zero attached hydrogens (tertiary/aromatic N) is 3. The van der Waals surface area contributed by atoms with Gasteiger partial charge in [-0.2, -0.15) is 8.42 Å². The van der Waals surface area contributed by atoms with E-state index in [-0.39, 0.29) is 29.6 Å². The monoisotopic (exact) mass is 1150 g/mol. The molecule has 3 heterocycles. The SMILES string of the molecule is COCCOCCOCCOCCOCCN(CCOCCOCCOCCOCCOC)c1ccc2c(c1)OC(/C=C/C=C1/N(CCCCCC(=O)ON3C(=O)CCC3=O)c3ccc(S(=O)(=O)O)cc3C1(C)C)C=C2C(C)(C)C. The van der Waals surface area contributed by atoms with Crippen LogP contribution in [0.2, 0.25) is 0 Å². The summed E-state index contributed by atoms with van der Waals surface area (Å²) in [6.45, 7) is 20.8. The van der Waals surface area contributed by atoms with Crippen LogP contribution in [-0.4, -0.2) is 195 Å². The van der Waals surface area contributed by atoms with Gasteiger partial charge in [0.2, 0.25) is 0 Å². The molecule has 0 aromatic heterocycles. The number of hydroxylamine groups is 2. The molecular weight excluding hydrogens is 1060 g/mol. The van der Waals surface area contributed by atoms with Gasteiger partial charge < -0.3 is 66.7 Å². The number of allylic oxidation sites excluding steroid dienone is 4. The predicted molar refractivity (Wildman–Crippen MR) is 300 cm³/mol. The lowest BCUT2D eigenvalue weighted by molar-refractivity contribution is -0.197. The normalized spacial score (nSPS) is 16.7. The van der Waals surface area contributed by atoms with Crippen LogP contribution in [-0.2, 0) is 82.1 Å². The zero-order valence-electron chi connectivity index (χ0n) is 48.1. The highest BCUT2D eigenvalue weighted by atomic mass is 32.2. The van der Waals surface area contributed by atoms with Gasteiger partial charge in [-0.3, -0.25) is 14.1 Å². The van der Waals surface area contributed by atoms with E-state index in [9.17, 15) is 27.4 Å². The first-order chi connectivity index (χ1) is 38.4. The molecule has 21 nitrogen and oxygen atoms in total. The van der Waals surface area contributed by atoms with E-state index in [1.54, 1.807) is 20.3 Å². The smallest absolute Gasteiger partial charge is 0.333 e. The Kier molecular flexibility index (Phi) is 28.5. The molecule has 3 aliphatic rings. The summed E-state index contributed by atoms with van der Waals surface area (Å²) in [7, 11) is -1.20. The molecule has 3 aliphatic heterocycles. The van der Waals surface area contributed by atoms with E-state index in [2.05, 4.69) is 54.8 Å². The Morgan fingerprint density at radius 1 is 0.713 bits per heavy atom. The standard InChI is InChI=1S/C58H87N3O18S/c1-57(2,3)49-43-46(12-11-13-53-58(4,5)50-44-47(80(65,66)67)16-18-51(50)60(53)21-10-8-9-14-56(64)79-61-54(62)19-20-55(61)63)78-52-42-45(15-17-48(49)52)59(22-24-70-30-32-74-38-40-76-36-34-72-28-26-68-6)23-25-71-31-33-75-39-41-77-37-35-73-29-27-69-7/h11-13,15-18,42-44,46H,8-10,14,19-41H2,1-7H3,(H,65,66,67)/b12-11+,53-13+. The summed E-state index contributed by atoms with van der Waals surface area (Å²) in [5.74, 6) is -0.965. The van der Waals surface area contributed by atoms with Crippen LogP contribution in [0.5, 0.6) is 5.75 Å². The highest BCUT2D eigenvalue weighted by molar-refractivity contribution is 7.85. The summed E-state index contributed by atoms with van der Waals surface area (Å²) in [6, 6.07) is 10.9. The minimum Gasteiger partial charge on any atom is -0.482 e. The first kappa shape index (κ1) is 66.0. The lowest BCUT2D eigenvalue weighted by Crippen LogP contribution is -2.32. The molecule has 1 N–H and O–H groups in total. The molecule has 5 rings (SSSR count). The molecule has 1 fully saturated rings. The Labute approximate surface area is 473 Å². The van der Waals surface area contributed by atoms with Crippen molar-refractivity contribution < 1.29 is 84.3 Å². The van der Waals surface area contributed by atoms with Gasteiger partial charge in [-0.1, -0.05) is 47.1 Å². The number of imide groups is 1. The molecule has 0 radical (unpaired) electrons. The number of hydrogen-bond donors (Lipinski definition) is 1. The summed E-state index contributed by atoms with van der Waals surface area (Å²) in [5, 5.41) is 0.559. The number of benzene rings is 2. The molecule has 80 heavy (non-hydrogen) atoms. The zero-order chi connectivity index (χ0) is 57.8. The zero-order valence-corrected chi connectivity index (χ0v) is 48.9. The Morgan fingerprint density at radius 2 is 1.23 bits per heavy atom. The van der Waals surface area contributed by atoms with Crippen LogP contribution in [0.4, 0.5) is 11.4 Å². The van der Waals surface area contributed by atoms with E-state index in [0.717, 1.165) is 39.5 Å². The highest BCUT2D eigenvalue weighted by Crippen LogP contribution is 2.49. The van der Waals surface area contributed by atoms with Gasteiger partial charge >= 0.3 is 5.97 Å². The van der Waals surface area contributed by atoms with Gasteiger partial charge in [0.15, 0.2) is 0 Å². The lowest BCUT2D eigenvalue weighted by atomic mass is 9.80. The van der Waals surface area contributed by atoms with E-state index in [0.29, 0.717) is 163 Å². The van der Waals surface area contributed by atoms with E-state index in [1.165, 1.54) is 12.1 Å². The van der Waals surface area contributed by atoms with Crippen molar-refractivity contribution >= 4 is 44.8 Å². The number of carbonyl (C=O) groups is 3. The molecule has 2 aromatic carbocycles. The Balaban J connectivity index is 1.24. The highest BCUT2D eigenvalue weighted by Gasteiger charge is 2.41. The summed E-state index contributed by atoms with van der Waals surface area (Å²) in [5.41, 5.74) is 4.58. The van der Waals surface area contributed by atoms with Gasteiger partial charge in [0, 0.05) is 87.2 Å². The van der Waals surface area contributed by atoms with Gasteiger partial charge in [-0.15, -0.1) is 5.06 Å². The first-order valence-electron chi connectivity index (χ1n) is 27.7. The number of amides is 2. The minimum absolute atomic E-state index is 0.0238. The van der Waals surface area contributed by atoms with Crippen LogP contribution in [0.1, 0.15) is 84.3 Å². The summed E-state index contributed by atoms with van der Waals surface area (Å²) < 4.78 is 96.9. The molecule has 1 atom stereocenters. The molecular formula is C58H87N3O18S. The number of anilines is 2. The van der Waals surface area contributed by atoms with Crippen molar-refractivity contribution in [2.24, 2.45) is 5.41 Å². The van der Waals surface area contributed by atoms with Gasteiger partial charge in [-0.25, -0.2) is 4.79 Å². The van der Waals surface area contributed by atoms with Crippen molar-refractivity contribution in [3.05, 3.63) is 77.5 Å². The molecule has 0 spiro atoms. The van der Waals surface area contributed by atoms with E-state index < -0.39 is 39.4 Å². The van der Waals surface area contributed by atoms with Crippen LogP contribution in [0, 0.1) is 5.41 Å². The van der Waals surface area contributed by atoms with Crippen molar-refractivity contribution in [3.8, 4) is 5.75 Å². The largest absolute Gasteiger partial charge is 0.482 e. The fraction of sp³-hybridized carbons (Fsp3) is 0.638. The van der Waals surface area contributed by atoms with E-state index >= 15 is 0 Å². The second-order valence-electron chi connectivity index (χ2n) is 20.7. The lowest BCUT2D eigenvalue weighted by Gasteiger charge is -2.33. The van der Waals surface area contributed by atoms with Crippen molar-refractivity contribution in [1.29, 1.82) is 0 Å². The maximum atomic E-state index is 12.5. The third-order valence-electron chi connectivity index (χ3n) is 13.3. The third kappa shape index (κ3) is 21.8. The van der Waals surface area contributed by atoms with Gasteiger partial charge in [0.1, 0.15) is 11.9 Å². The quantitative estimate of drug-likeness (QED) is 0.0412. The van der Waals surface area contributed by atoms with Crippen molar-refractivity contribution in [2.45, 2.75) is 89.6 Å². The number of rotatable bonds is 41. The average Bonchev–Trinajstić information content (AvgIpc) is 4.05. The Bertz CT molecular complexity index is 2390.